The number of benzene rings is 1. The van der Waals surface area contributed by atoms with Gasteiger partial charge in [0.1, 0.15) is 29.3 Å². The van der Waals surface area contributed by atoms with Crippen LogP contribution in [-0.2, 0) is 16.0 Å². The van der Waals surface area contributed by atoms with Crippen LogP contribution < -0.4 is 9.47 Å². The van der Waals surface area contributed by atoms with Crippen molar-refractivity contribution < 1.29 is 19.1 Å². The number of esters is 1. The van der Waals surface area contributed by atoms with Crippen LogP contribution in [0.25, 0.3) is 0 Å². The van der Waals surface area contributed by atoms with Gasteiger partial charge in [0, 0.05) is 11.5 Å². The fourth-order valence-electron chi connectivity index (χ4n) is 5.71. The van der Waals surface area contributed by atoms with Crippen molar-refractivity contribution in [2.75, 3.05) is 0 Å². The van der Waals surface area contributed by atoms with E-state index in [1.165, 1.54) is 51.4 Å². The minimum Gasteiger partial charge on any atom is -0.487 e. The van der Waals surface area contributed by atoms with E-state index in [0.29, 0.717) is 5.75 Å². The Balaban J connectivity index is 1.83. The first-order valence-electron chi connectivity index (χ1n) is 15.4. The van der Waals surface area contributed by atoms with Crippen molar-refractivity contribution in [3.8, 4) is 11.5 Å². The monoisotopic (exact) mass is 528 g/mol. The Bertz CT molecular complexity index is 916. The highest BCUT2D eigenvalue weighted by Crippen LogP contribution is 2.42. The average Bonchev–Trinajstić information content (AvgIpc) is 2.81. The van der Waals surface area contributed by atoms with Crippen molar-refractivity contribution in [1.82, 2.24) is 0 Å². The molecule has 0 spiro atoms. The molecule has 0 aromatic heterocycles. The molecule has 3 atom stereocenters. The third-order valence-corrected chi connectivity index (χ3v) is 8.51. The predicted octanol–water partition coefficient (Wildman–Crippen LogP) is 9.35. The van der Waals surface area contributed by atoms with Gasteiger partial charge in [-0.3, -0.25) is 9.59 Å². The molecule has 1 heterocycles. The summed E-state index contributed by atoms with van der Waals surface area (Å²) in [5, 5.41) is 0. The summed E-state index contributed by atoms with van der Waals surface area (Å²) in [4.78, 5) is 24.3. The zero-order chi connectivity index (χ0) is 28.5. The molecular weight excluding hydrogens is 472 g/mol. The summed E-state index contributed by atoms with van der Waals surface area (Å²) in [6, 6.07) is 2.01. The molecule has 1 aromatic carbocycles. The maximum atomic E-state index is 12.4. The number of hydrogen-bond donors (Lipinski definition) is 0. The van der Waals surface area contributed by atoms with E-state index in [2.05, 4.69) is 34.6 Å². The first-order valence-corrected chi connectivity index (χ1v) is 15.4. The predicted molar refractivity (Wildman–Crippen MR) is 158 cm³/mol. The fourth-order valence-corrected chi connectivity index (χ4v) is 5.71. The Kier molecular flexibility index (Phi) is 12.8. The summed E-state index contributed by atoms with van der Waals surface area (Å²) in [6.07, 6.45) is 13.4. The van der Waals surface area contributed by atoms with Gasteiger partial charge in [0.25, 0.3) is 0 Å². The molecule has 1 aliphatic rings. The number of aryl methyl sites for hydroxylation is 1. The minimum atomic E-state index is -0.480. The van der Waals surface area contributed by atoms with Gasteiger partial charge in [0.2, 0.25) is 0 Å². The molecule has 0 N–H and O–H groups in total. The fraction of sp³-hybridized carbons (Fsp3) is 0.765. The molecule has 38 heavy (non-hydrogen) atoms. The lowest BCUT2D eigenvalue weighted by molar-refractivity contribution is -0.138. The van der Waals surface area contributed by atoms with Crippen molar-refractivity contribution >= 4 is 11.8 Å². The molecule has 0 saturated heterocycles. The quantitative estimate of drug-likeness (QED) is 0.122. The van der Waals surface area contributed by atoms with E-state index in [4.69, 9.17) is 9.47 Å². The van der Waals surface area contributed by atoms with E-state index in [1.807, 2.05) is 19.9 Å². The molecule has 0 radical (unpaired) electrons. The second-order valence-corrected chi connectivity index (χ2v) is 13.3. The average molecular weight is 529 g/mol. The Morgan fingerprint density at radius 1 is 0.921 bits per heavy atom. The molecule has 4 heteroatoms. The van der Waals surface area contributed by atoms with Crippen molar-refractivity contribution in [2.24, 2.45) is 23.7 Å². The Morgan fingerprint density at radius 3 is 2.08 bits per heavy atom. The van der Waals surface area contributed by atoms with Crippen molar-refractivity contribution in [3.63, 3.8) is 0 Å². The van der Waals surface area contributed by atoms with Gasteiger partial charge in [-0.15, -0.1) is 0 Å². The number of hydrogen-bond acceptors (Lipinski definition) is 4. The van der Waals surface area contributed by atoms with Gasteiger partial charge in [-0.1, -0.05) is 86.5 Å². The van der Waals surface area contributed by atoms with E-state index in [1.54, 1.807) is 13.8 Å². The minimum absolute atomic E-state index is 0.0941. The summed E-state index contributed by atoms with van der Waals surface area (Å²) in [7, 11) is 0. The lowest BCUT2D eigenvalue weighted by Crippen LogP contribution is -2.36. The number of ketones is 1. The van der Waals surface area contributed by atoms with Crippen LogP contribution in [0, 0.1) is 37.5 Å². The van der Waals surface area contributed by atoms with Crippen LogP contribution in [0.4, 0.5) is 0 Å². The summed E-state index contributed by atoms with van der Waals surface area (Å²) in [5.41, 5.74) is 2.81. The molecule has 1 aromatic rings. The SMILES string of the molecule is Cc1cc2c(c(C)c1OC(=O)CC(=O)C(C)C)CCC(C)(CCCC(C)CCCC(C)CCCC(C)C)O2. The Morgan fingerprint density at radius 2 is 1.50 bits per heavy atom. The molecule has 0 bridgehead atoms. The van der Waals surface area contributed by atoms with E-state index < -0.39 is 5.97 Å². The highest BCUT2D eigenvalue weighted by molar-refractivity contribution is 5.97. The van der Waals surface area contributed by atoms with Crippen LogP contribution in [0.3, 0.4) is 0 Å². The van der Waals surface area contributed by atoms with Crippen molar-refractivity contribution in [2.45, 2.75) is 145 Å². The normalized spacial score (nSPS) is 18.7. The van der Waals surface area contributed by atoms with Gasteiger partial charge in [-0.2, -0.15) is 0 Å². The molecule has 216 valence electrons. The van der Waals surface area contributed by atoms with Crippen LogP contribution in [0.2, 0.25) is 0 Å². The number of carbonyl (C=O) groups is 2. The van der Waals surface area contributed by atoms with Crippen LogP contribution in [0.15, 0.2) is 6.07 Å². The largest absolute Gasteiger partial charge is 0.487 e. The maximum absolute atomic E-state index is 12.4. The third-order valence-electron chi connectivity index (χ3n) is 8.51. The smallest absolute Gasteiger partial charge is 0.318 e. The summed E-state index contributed by atoms with van der Waals surface area (Å²) in [5.74, 6) is 3.21. The van der Waals surface area contributed by atoms with Crippen LogP contribution >= 0.6 is 0 Å². The van der Waals surface area contributed by atoms with Crippen LogP contribution in [-0.4, -0.2) is 17.4 Å². The molecular formula is C34H56O4. The lowest BCUT2D eigenvalue weighted by atomic mass is 9.85. The van der Waals surface area contributed by atoms with Gasteiger partial charge in [-0.05, 0) is 81.4 Å². The molecule has 0 amide bonds. The van der Waals surface area contributed by atoms with Gasteiger partial charge in [0.15, 0.2) is 0 Å². The standard InChI is InChI=1S/C34H56O4/c1-23(2)13-10-14-25(5)15-11-16-26(6)17-12-19-34(9)20-18-29-28(8)33(27(7)21-31(29)38-34)37-32(36)22-30(35)24(3)4/h21,23-26H,10-20,22H2,1-9H3. The summed E-state index contributed by atoms with van der Waals surface area (Å²) < 4.78 is 12.3. The molecule has 2 rings (SSSR count). The van der Waals surface area contributed by atoms with Crippen molar-refractivity contribution in [3.05, 3.63) is 22.8 Å². The first kappa shape index (κ1) is 32.4. The first-order chi connectivity index (χ1) is 17.8. The Hall–Kier alpha value is -1.84. The van der Waals surface area contributed by atoms with E-state index in [0.717, 1.165) is 59.5 Å². The molecule has 0 aliphatic carbocycles. The summed E-state index contributed by atoms with van der Waals surface area (Å²) >= 11 is 0. The zero-order valence-corrected chi connectivity index (χ0v) is 26.0. The molecule has 0 fully saturated rings. The summed E-state index contributed by atoms with van der Waals surface area (Å²) in [6.45, 7) is 19.3. The lowest BCUT2D eigenvalue weighted by Gasteiger charge is -2.37. The van der Waals surface area contributed by atoms with Crippen molar-refractivity contribution in [1.29, 1.82) is 0 Å². The number of ether oxygens (including phenoxy) is 2. The molecule has 0 saturated carbocycles. The van der Waals surface area contributed by atoms with Gasteiger partial charge < -0.3 is 9.47 Å². The van der Waals surface area contributed by atoms with E-state index in [9.17, 15) is 9.59 Å². The maximum Gasteiger partial charge on any atom is 0.318 e. The van der Waals surface area contributed by atoms with E-state index >= 15 is 0 Å². The number of fused-ring (bicyclic) bond motifs is 1. The number of carbonyl (C=O) groups excluding carboxylic acids is 2. The zero-order valence-electron chi connectivity index (χ0n) is 26.0. The van der Waals surface area contributed by atoms with Crippen LogP contribution in [0.1, 0.15) is 136 Å². The Labute approximate surface area is 233 Å². The second-order valence-electron chi connectivity index (χ2n) is 13.3. The van der Waals surface area contributed by atoms with Gasteiger partial charge in [0.05, 0.1) is 0 Å². The molecule has 3 unspecified atom stereocenters. The third kappa shape index (κ3) is 10.4. The molecule has 4 nitrogen and oxygen atoms in total. The van der Waals surface area contributed by atoms with Gasteiger partial charge in [-0.25, -0.2) is 0 Å². The van der Waals surface area contributed by atoms with E-state index in [-0.39, 0.29) is 23.7 Å². The topological polar surface area (TPSA) is 52.6 Å². The number of Topliss-reactive ketones (excluding diaryl/α,β-unsaturated/α-hetero) is 1. The molecule has 1 aliphatic heterocycles. The highest BCUT2D eigenvalue weighted by atomic mass is 16.5. The second kappa shape index (κ2) is 15.1. The van der Waals surface area contributed by atoms with Crippen LogP contribution in [0.5, 0.6) is 11.5 Å². The highest BCUT2D eigenvalue weighted by Gasteiger charge is 2.33. The number of rotatable bonds is 16. The van der Waals surface area contributed by atoms with Gasteiger partial charge >= 0.3 is 5.97 Å².